The summed E-state index contributed by atoms with van der Waals surface area (Å²) in [5.41, 5.74) is 1.53. The number of hydrogen-bond donors (Lipinski definition) is 3. The Kier molecular flexibility index (Phi) is 8.19. The fraction of sp³-hybridized carbons (Fsp3) is 0.227. The van der Waals surface area contributed by atoms with Gasteiger partial charge in [0.15, 0.2) is 0 Å². The third-order valence-electron chi connectivity index (χ3n) is 4.65. The van der Waals surface area contributed by atoms with E-state index in [1.54, 1.807) is 30.5 Å². The molecular formula is C22H28BrN5O3S2Si. The summed E-state index contributed by atoms with van der Waals surface area (Å²) < 4.78 is 40.8. The van der Waals surface area contributed by atoms with Crippen LogP contribution < -0.4 is 14.8 Å². The first-order chi connectivity index (χ1) is 15.8. The average molecular weight is 583 g/mol. The van der Waals surface area contributed by atoms with E-state index in [1.165, 1.54) is 0 Å². The molecule has 1 atom stereocenters. The van der Waals surface area contributed by atoms with Gasteiger partial charge in [-0.15, -0.1) is 4.13 Å². The highest BCUT2D eigenvalue weighted by Crippen LogP contribution is 2.25. The van der Waals surface area contributed by atoms with Crippen molar-refractivity contribution in [3.8, 4) is 0 Å². The van der Waals surface area contributed by atoms with Gasteiger partial charge in [0.1, 0.15) is 5.82 Å². The second-order valence-corrected chi connectivity index (χ2v) is 19.5. The number of halogens is 1. The topological polar surface area (TPSA) is 113 Å². The van der Waals surface area contributed by atoms with E-state index < -0.39 is 27.8 Å². The van der Waals surface area contributed by atoms with Crippen molar-refractivity contribution in [1.29, 1.82) is 0 Å². The summed E-state index contributed by atoms with van der Waals surface area (Å²) >= 11 is 3.44. The number of anilines is 4. The third kappa shape index (κ3) is 7.91. The molecule has 12 heteroatoms. The first-order valence-corrected chi connectivity index (χ1v) is 18.3. The van der Waals surface area contributed by atoms with Crippen molar-refractivity contribution in [2.45, 2.75) is 30.6 Å². The molecule has 0 aliphatic heterocycles. The maximum atomic E-state index is 13.0. The number of para-hydroxylation sites is 1. The molecule has 1 unspecified atom stereocenters. The van der Waals surface area contributed by atoms with Crippen LogP contribution in [-0.4, -0.2) is 42.3 Å². The van der Waals surface area contributed by atoms with Crippen LogP contribution in [0.3, 0.4) is 0 Å². The number of benzene rings is 2. The van der Waals surface area contributed by atoms with Gasteiger partial charge < -0.3 is 10.6 Å². The molecule has 3 N–H and O–H groups in total. The molecule has 34 heavy (non-hydrogen) atoms. The van der Waals surface area contributed by atoms with Crippen LogP contribution in [0, 0.1) is 0 Å². The maximum Gasteiger partial charge on any atom is 0.229 e. The first kappa shape index (κ1) is 26.4. The van der Waals surface area contributed by atoms with E-state index in [2.05, 4.69) is 66.2 Å². The number of sulfonamides is 1. The Labute approximate surface area is 211 Å². The molecule has 8 nitrogen and oxygen atoms in total. The zero-order valence-electron chi connectivity index (χ0n) is 19.2. The predicted molar refractivity (Wildman–Crippen MR) is 148 cm³/mol. The van der Waals surface area contributed by atoms with Gasteiger partial charge in [-0.05, 0) is 64.2 Å². The van der Waals surface area contributed by atoms with Gasteiger partial charge in [-0.1, -0.05) is 37.8 Å². The SMILES string of the molecule is C=S(=O)(NS(=O)(=O)CC[Si](C)(C)C)c1ccc(Nc2ncc(Br)c(Nc3ccccc3)n2)cc1. The lowest BCUT2D eigenvalue weighted by atomic mass is 10.3. The smallest absolute Gasteiger partial charge is 0.229 e. The van der Waals surface area contributed by atoms with E-state index in [0.717, 1.165) is 5.69 Å². The molecule has 1 heterocycles. The van der Waals surface area contributed by atoms with Crippen molar-refractivity contribution in [3.63, 3.8) is 0 Å². The van der Waals surface area contributed by atoms with E-state index in [-0.39, 0.29) is 10.6 Å². The first-order valence-electron chi connectivity index (χ1n) is 10.4. The van der Waals surface area contributed by atoms with E-state index >= 15 is 0 Å². The molecule has 0 spiro atoms. The van der Waals surface area contributed by atoms with Gasteiger partial charge in [0.2, 0.25) is 16.0 Å². The lowest BCUT2D eigenvalue weighted by Crippen LogP contribution is -2.35. The molecule has 0 aliphatic rings. The van der Waals surface area contributed by atoms with Gasteiger partial charge in [-0.2, -0.15) is 4.98 Å². The minimum atomic E-state index is -3.71. The van der Waals surface area contributed by atoms with Gasteiger partial charge in [-0.25, -0.2) is 17.6 Å². The summed E-state index contributed by atoms with van der Waals surface area (Å²) in [7, 11) is -8.49. The molecule has 0 radical (unpaired) electrons. The van der Waals surface area contributed by atoms with Crippen LogP contribution in [0.1, 0.15) is 0 Å². The van der Waals surface area contributed by atoms with E-state index in [9.17, 15) is 12.6 Å². The van der Waals surface area contributed by atoms with Crippen LogP contribution in [0.15, 0.2) is 70.2 Å². The highest BCUT2D eigenvalue weighted by atomic mass is 79.9. The highest BCUT2D eigenvalue weighted by Gasteiger charge is 2.22. The maximum absolute atomic E-state index is 13.0. The molecule has 182 valence electrons. The molecular weight excluding hydrogens is 554 g/mol. The molecule has 0 bridgehead atoms. The van der Waals surface area contributed by atoms with E-state index in [1.807, 2.05) is 30.3 Å². The molecule has 0 amide bonds. The van der Waals surface area contributed by atoms with Crippen molar-refractivity contribution in [1.82, 2.24) is 14.1 Å². The molecule has 1 aromatic heterocycles. The molecule has 2 aromatic carbocycles. The van der Waals surface area contributed by atoms with Crippen LogP contribution in [0.5, 0.6) is 0 Å². The van der Waals surface area contributed by atoms with Crippen LogP contribution >= 0.6 is 15.9 Å². The van der Waals surface area contributed by atoms with Crippen LogP contribution in [-0.2, 0) is 19.7 Å². The Morgan fingerprint density at radius 3 is 2.18 bits per heavy atom. The quantitative estimate of drug-likeness (QED) is 0.228. The largest absolute Gasteiger partial charge is 0.339 e. The highest BCUT2D eigenvalue weighted by molar-refractivity contribution is 9.10. The number of aromatic nitrogens is 2. The summed E-state index contributed by atoms with van der Waals surface area (Å²) in [6.45, 7) is 6.27. The summed E-state index contributed by atoms with van der Waals surface area (Å²) in [4.78, 5) is 9.04. The molecule has 0 fully saturated rings. The molecule has 3 aromatic rings. The zero-order valence-corrected chi connectivity index (χ0v) is 23.4. The van der Waals surface area contributed by atoms with E-state index in [0.29, 0.717) is 28.0 Å². The third-order valence-corrected chi connectivity index (χ3v) is 11.2. The Morgan fingerprint density at radius 2 is 1.56 bits per heavy atom. The van der Waals surface area contributed by atoms with Crippen LogP contribution in [0.25, 0.3) is 0 Å². The van der Waals surface area contributed by atoms with Crippen LogP contribution in [0.2, 0.25) is 25.7 Å². The van der Waals surface area contributed by atoms with Crippen molar-refractivity contribution >= 4 is 72.7 Å². The van der Waals surface area contributed by atoms with Crippen molar-refractivity contribution in [2.24, 2.45) is 0 Å². The Bertz CT molecular complexity index is 1350. The molecule has 0 aliphatic carbocycles. The summed E-state index contributed by atoms with van der Waals surface area (Å²) in [6, 6.07) is 16.7. The number of nitrogens with one attached hydrogen (secondary N) is 3. The van der Waals surface area contributed by atoms with Crippen molar-refractivity contribution in [3.05, 3.63) is 65.3 Å². The molecule has 0 saturated carbocycles. The van der Waals surface area contributed by atoms with Crippen molar-refractivity contribution in [2.75, 3.05) is 16.4 Å². The molecule has 3 rings (SSSR count). The summed E-state index contributed by atoms with van der Waals surface area (Å²) in [5.74, 6) is 4.52. The Balaban J connectivity index is 1.70. The Hall–Kier alpha value is -2.25. The fourth-order valence-corrected chi connectivity index (χ4v) is 9.55. The normalized spacial score (nSPS) is 13.8. The zero-order chi connectivity index (χ0) is 25.0. The lowest BCUT2D eigenvalue weighted by Gasteiger charge is -2.17. The number of rotatable bonds is 10. The monoisotopic (exact) mass is 581 g/mol. The second-order valence-electron chi connectivity index (χ2n) is 8.92. The number of nitrogens with zero attached hydrogens (tertiary/aromatic N) is 2. The van der Waals surface area contributed by atoms with E-state index in [4.69, 9.17) is 0 Å². The lowest BCUT2D eigenvalue weighted by molar-refractivity contribution is 0.593. The summed E-state index contributed by atoms with van der Waals surface area (Å²) in [6.07, 6.45) is 1.63. The van der Waals surface area contributed by atoms with Gasteiger partial charge in [0.05, 0.1) is 19.9 Å². The summed E-state index contributed by atoms with van der Waals surface area (Å²) in [5, 5.41) is 6.31. The molecule has 0 saturated heterocycles. The number of hydrogen-bond acceptors (Lipinski definition) is 7. The second kappa shape index (κ2) is 10.6. The minimum absolute atomic E-state index is 0.0604. The van der Waals surface area contributed by atoms with Gasteiger partial charge >= 0.3 is 0 Å². The average Bonchev–Trinajstić information content (AvgIpc) is 2.75. The van der Waals surface area contributed by atoms with Gasteiger partial charge in [-0.3, -0.25) is 0 Å². The van der Waals surface area contributed by atoms with Crippen LogP contribution in [0.4, 0.5) is 23.1 Å². The standard InChI is InChI=1S/C22H28BrN5O3S2Si/c1-32(29,28-33(30,31)14-15-34(2,3)4)19-12-10-18(11-13-19)26-22-24-16-20(23)21(27-22)25-17-8-6-5-7-9-17/h5-13,16H,1,14-15H2,2-4H3,(H,28,29)(H2,24,25,26,27). The van der Waals surface area contributed by atoms with Gasteiger partial charge in [0.25, 0.3) is 0 Å². The Morgan fingerprint density at radius 1 is 0.941 bits per heavy atom. The fourth-order valence-electron chi connectivity index (χ4n) is 2.80. The minimum Gasteiger partial charge on any atom is -0.339 e. The predicted octanol–water partition coefficient (Wildman–Crippen LogP) is 4.97. The van der Waals surface area contributed by atoms with Gasteiger partial charge in [0, 0.05) is 30.5 Å². The van der Waals surface area contributed by atoms with Crippen molar-refractivity contribution < 1.29 is 12.6 Å².